The van der Waals surface area contributed by atoms with Crippen LogP contribution in [0, 0.1) is 16.7 Å². The molecule has 0 aromatic carbocycles. The highest BCUT2D eigenvalue weighted by Gasteiger charge is 2.48. The van der Waals surface area contributed by atoms with Crippen LogP contribution in [0.25, 0.3) is 0 Å². The lowest BCUT2D eigenvalue weighted by molar-refractivity contribution is 0.0112. The van der Waals surface area contributed by atoms with E-state index in [0.717, 1.165) is 12.8 Å². The normalized spacial score (nSPS) is 29.9. The van der Waals surface area contributed by atoms with Crippen molar-refractivity contribution in [2.75, 3.05) is 19.6 Å². The van der Waals surface area contributed by atoms with Gasteiger partial charge in [0, 0.05) is 19.5 Å². The summed E-state index contributed by atoms with van der Waals surface area (Å²) in [5.74, 6) is -2.52. The molecule has 2 nitrogen and oxygen atoms in total. The molecule has 1 aliphatic carbocycles. The van der Waals surface area contributed by atoms with Gasteiger partial charge < -0.3 is 0 Å². The number of hydrogen-bond acceptors (Lipinski definition) is 2. The minimum atomic E-state index is -2.52. The number of nitriles is 1. The van der Waals surface area contributed by atoms with Crippen LogP contribution in [-0.2, 0) is 0 Å². The van der Waals surface area contributed by atoms with E-state index in [-0.39, 0.29) is 18.4 Å². The Morgan fingerprint density at radius 2 is 2.00 bits per heavy atom. The summed E-state index contributed by atoms with van der Waals surface area (Å²) in [4.78, 5) is 1.72. The molecule has 1 heterocycles. The fourth-order valence-electron chi connectivity index (χ4n) is 1.83. The molecular formula is C9H12F2N2. The van der Waals surface area contributed by atoms with Gasteiger partial charge >= 0.3 is 0 Å². The van der Waals surface area contributed by atoms with Crippen molar-refractivity contribution in [3.63, 3.8) is 0 Å². The molecule has 13 heavy (non-hydrogen) atoms. The molecule has 1 saturated carbocycles. The van der Waals surface area contributed by atoms with E-state index in [4.69, 9.17) is 5.26 Å². The van der Waals surface area contributed by atoms with Crippen LogP contribution >= 0.6 is 0 Å². The number of alkyl halides is 2. The highest BCUT2D eigenvalue weighted by atomic mass is 19.3. The van der Waals surface area contributed by atoms with Gasteiger partial charge in [-0.3, -0.25) is 4.90 Å². The van der Waals surface area contributed by atoms with Gasteiger partial charge in [-0.25, -0.2) is 8.78 Å². The van der Waals surface area contributed by atoms with Crippen LogP contribution in [-0.4, -0.2) is 30.5 Å². The summed E-state index contributed by atoms with van der Waals surface area (Å²) in [6.45, 7) is 0.825. The summed E-state index contributed by atoms with van der Waals surface area (Å²) in [6, 6.07) is 2.22. The largest absolute Gasteiger partial charge is 0.296 e. The third-order valence-electron chi connectivity index (χ3n) is 2.87. The predicted molar refractivity (Wildman–Crippen MR) is 43.3 cm³/mol. The molecule has 0 spiro atoms. The average Bonchev–Trinajstić information content (AvgIpc) is 2.74. The lowest BCUT2D eigenvalue weighted by atomic mass is 10.1. The molecule has 2 fully saturated rings. The number of halogens is 2. The third kappa shape index (κ3) is 1.80. The molecule has 2 aliphatic rings. The fraction of sp³-hybridized carbons (Fsp3) is 0.889. The zero-order valence-corrected chi connectivity index (χ0v) is 7.39. The van der Waals surface area contributed by atoms with Crippen LogP contribution in [0.15, 0.2) is 0 Å². The van der Waals surface area contributed by atoms with E-state index in [9.17, 15) is 8.78 Å². The zero-order valence-electron chi connectivity index (χ0n) is 7.39. The Hall–Kier alpha value is -0.690. The fourth-order valence-corrected chi connectivity index (χ4v) is 1.83. The maximum absolute atomic E-state index is 12.8. The zero-order chi connectivity index (χ0) is 9.53. The lowest BCUT2D eigenvalue weighted by Crippen LogP contribution is -2.30. The first-order valence-corrected chi connectivity index (χ1v) is 4.57. The number of hydrogen-bond donors (Lipinski definition) is 0. The van der Waals surface area contributed by atoms with Crippen molar-refractivity contribution in [2.45, 2.75) is 25.2 Å². The summed E-state index contributed by atoms with van der Waals surface area (Å²) >= 11 is 0. The van der Waals surface area contributed by atoms with E-state index < -0.39 is 5.92 Å². The summed E-state index contributed by atoms with van der Waals surface area (Å²) in [5, 5.41) is 8.78. The first kappa shape index (κ1) is 8.89. The van der Waals surface area contributed by atoms with Gasteiger partial charge in [0.05, 0.1) is 18.0 Å². The standard InChI is InChI=1S/C9H12F2N2/c10-9(11)3-4-13(7-9)6-8(5-12)1-2-8/h1-4,6-7H2. The molecule has 2 rings (SSSR count). The monoisotopic (exact) mass is 186 g/mol. The van der Waals surface area contributed by atoms with Crippen molar-refractivity contribution in [3.8, 4) is 6.07 Å². The molecule has 0 atom stereocenters. The van der Waals surface area contributed by atoms with Crippen LogP contribution in [0.4, 0.5) is 8.78 Å². The van der Waals surface area contributed by atoms with Crippen LogP contribution in [0.2, 0.25) is 0 Å². The smallest absolute Gasteiger partial charge is 0.261 e. The quantitative estimate of drug-likeness (QED) is 0.655. The Morgan fingerprint density at radius 3 is 2.38 bits per heavy atom. The molecule has 0 bridgehead atoms. The van der Waals surface area contributed by atoms with E-state index in [1.165, 1.54) is 0 Å². The maximum atomic E-state index is 12.8. The van der Waals surface area contributed by atoms with Gasteiger partial charge in [-0.05, 0) is 12.8 Å². The van der Waals surface area contributed by atoms with E-state index in [0.29, 0.717) is 13.1 Å². The van der Waals surface area contributed by atoms with Crippen LogP contribution in [0.1, 0.15) is 19.3 Å². The molecule has 1 aliphatic heterocycles. The highest BCUT2D eigenvalue weighted by Crippen LogP contribution is 2.46. The van der Waals surface area contributed by atoms with Crippen molar-refractivity contribution in [3.05, 3.63) is 0 Å². The van der Waals surface area contributed by atoms with Gasteiger partial charge in [-0.2, -0.15) is 5.26 Å². The van der Waals surface area contributed by atoms with E-state index in [1.54, 1.807) is 4.90 Å². The third-order valence-corrected chi connectivity index (χ3v) is 2.87. The topological polar surface area (TPSA) is 27.0 Å². The number of likely N-dealkylation sites (tertiary alicyclic amines) is 1. The number of rotatable bonds is 2. The molecule has 0 aromatic heterocycles. The minimum absolute atomic E-state index is 0.0471. The lowest BCUT2D eigenvalue weighted by Gasteiger charge is -2.17. The summed E-state index contributed by atoms with van der Waals surface area (Å²) in [6.07, 6.45) is 1.71. The molecular weight excluding hydrogens is 174 g/mol. The number of nitrogens with zero attached hydrogens (tertiary/aromatic N) is 2. The Morgan fingerprint density at radius 1 is 1.31 bits per heavy atom. The molecule has 0 N–H and O–H groups in total. The first-order chi connectivity index (χ1) is 6.05. The molecule has 0 radical (unpaired) electrons. The Labute approximate surface area is 76.1 Å². The molecule has 0 amide bonds. The predicted octanol–water partition coefficient (Wildman–Crippen LogP) is 1.63. The van der Waals surface area contributed by atoms with E-state index >= 15 is 0 Å². The van der Waals surface area contributed by atoms with Crippen LogP contribution in [0.5, 0.6) is 0 Å². The highest BCUT2D eigenvalue weighted by molar-refractivity contribution is 5.11. The van der Waals surface area contributed by atoms with E-state index in [1.807, 2.05) is 0 Å². The van der Waals surface area contributed by atoms with Gasteiger partial charge in [0.15, 0.2) is 0 Å². The van der Waals surface area contributed by atoms with Gasteiger partial charge in [0.1, 0.15) is 0 Å². The Balaban J connectivity index is 1.88. The molecule has 72 valence electrons. The van der Waals surface area contributed by atoms with Crippen molar-refractivity contribution < 1.29 is 8.78 Å². The first-order valence-electron chi connectivity index (χ1n) is 4.57. The van der Waals surface area contributed by atoms with Gasteiger partial charge in [0.25, 0.3) is 5.92 Å². The van der Waals surface area contributed by atoms with Gasteiger partial charge in [0.2, 0.25) is 0 Å². The maximum Gasteiger partial charge on any atom is 0.261 e. The Bertz CT molecular complexity index is 253. The molecule has 1 saturated heterocycles. The van der Waals surface area contributed by atoms with Crippen LogP contribution < -0.4 is 0 Å². The average molecular weight is 186 g/mol. The van der Waals surface area contributed by atoms with Crippen molar-refractivity contribution in [2.24, 2.45) is 5.41 Å². The second-order valence-corrected chi connectivity index (χ2v) is 4.21. The van der Waals surface area contributed by atoms with Crippen molar-refractivity contribution in [1.82, 2.24) is 4.90 Å². The SMILES string of the molecule is N#CC1(CN2CCC(F)(F)C2)CC1. The molecule has 4 heteroatoms. The summed E-state index contributed by atoms with van der Waals surface area (Å²) in [7, 11) is 0. The van der Waals surface area contributed by atoms with E-state index in [2.05, 4.69) is 6.07 Å². The van der Waals surface area contributed by atoms with Crippen molar-refractivity contribution in [1.29, 1.82) is 5.26 Å². The van der Waals surface area contributed by atoms with Gasteiger partial charge in [-0.15, -0.1) is 0 Å². The van der Waals surface area contributed by atoms with Crippen LogP contribution in [0.3, 0.4) is 0 Å². The molecule has 0 unspecified atom stereocenters. The second kappa shape index (κ2) is 2.65. The summed E-state index contributed by atoms with van der Waals surface area (Å²) in [5.41, 5.74) is -0.277. The summed E-state index contributed by atoms with van der Waals surface area (Å²) < 4.78 is 25.5. The van der Waals surface area contributed by atoms with Crippen molar-refractivity contribution >= 4 is 0 Å². The second-order valence-electron chi connectivity index (χ2n) is 4.21. The van der Waals surface area contributed by atoms with Gasteiger partial charge in [-0.1, -0.05) is 0 Å². The molecule has 0 aromatic rings. The Kier molecular flexibility index (Phi) is 1.81. The minimum Gasteiger partial charge on any atom is -0.296 e.